The highest BCUT2D eigenvalue weighted by Crippen LogP contribution is 2.28. The van der Waals surface area contributed by atoms with E-state index in [1.807, 2.05) is 12.1 Å². The largest absolute Gasteiger partial charge is 0.143 e. The van der Waals surface area contributed by atoms with Crippen molar-refractivity contribution in [1.29, 1.82) is 0 Å². The summed E-state index contributed by atoms with van der Waals surface area (Å²) in [4.78, 5) is 1.09. The van der Waals surface area contributed by atoms with Crippen molar-refractivity contribution in [1.82, 2.24) is 0 Å². The second-order valence-electron chi connectivity index (χ2n) is 3.01. The maximum atomic E-state index is 4.42. The maximum absolute atomic E-state index is 4.42. The van der Waals surface area contributed by atoms with Gasteiger partial charge in [0.15, 0.2) is 0 Å². The molecule has 0 aromatic heterocycles. The fraction of sp³-hybridized carbons (Fsp3) is 0.400. The molecule has 0 amide bonds. The van der Waals surface area contributed by atoms with Crippen LogP contribution in [0.2, 0.25) is 0 Å². The second kappa shape index (κ2) is 4.33. The van der Waals surface area contributed by atoms with Gasteiger partial charge in [0.25, 0.3) is 0 Å². The molecule has 0 N–H and O–H groups in total. The molecule has 12 heavy (non-hydrogen) atoms. The summed E-state index contributed by atoms with van der Waals surface area (Å²) in [6, 6.07) is 6.21. The summed E-state index contributed by atoms with van der Waals surface area (Å²) < 4.78 is 1.13. The Morgan fingerprint density at radius 1 is 1.50 bits per heavy atom. The van der Waals surface area contributed by atoms with Gasteiger partial charge in [0.05, 0.1) is 0 Å². The lowest BCUT2D eigenvalue weighted by molar-refractivity contribution is 0.719. The maximum Gasteiger partial charge on any atom is 0.0178 e. The zero-order valence-electron chi connectivity index (χ0n) is 7.34. The molecule has 0 bridgehead atoms. The summed E-state index contributed by atoms with van der Waals surface area (Å²) in [6.45, 7) is 4.42. The Hall–Kier alpha value is 0.0500. The Kier molecular flexibility index (Phi) is 3.66. The molecule has 1 aromatic rings. The first-order valence-electron chi connectivity index (χ1n) is 4.13. The van der Waals surface area contributed by atoms with Gasteiger partial charge in [-0.3, -0.25) is 0 Å². The van der Waals surface area contributed by atoms with Gasteiger partial charge in [-0.2, -0.15) is 0 Å². The molecule has 2 heteroatoms. The highest BCUT2D eigenvalue weighted by Gasteiger charge is 2.06. The Labute approximate surface area is 87.9 Å². The van der Waals surface area contributed by atoms with Crippen molar-refractivity contribution in [3.05, 3.63) is 28.2 Å². The smallest absolute Gasteiger partial charge is 0.0178 e. The fourth-order valence-electron chi connectivity index (χ4n) is 1.14. The predicted molar refractivity (Wildman–Crippen MR) is 60.1 cm³/mol. The van der Waals surface area contributed by atoms with Crippen LogP contribution in [0.15, 0.2) is 27.6 Å². The molecule has 1 unspecified atom stereocenters. The lowest BCUT2D eigenvalue weighted by atomic mass is 9.99. The van der Waals surface area contributed by atoms with Crippen molar-refractivity contribution in [2.24, 2.45) is 0 Å². The zero-order chi connectivity index (χ0) is 9.14. The summed E-state index contributed by atoms with van der Waals surface area (Å²) in [7, 11) is 0. The molecule has 1 rings (SSSR count). The van der Waals surface area contributed by atoms with Crippen molar-refractivity contribution < 1.29 is 0 Å². The molecule has 0 saturated carbocycles. The SMILES string of the molecule is CCC(C)c1cc(Br)ccc1S. The van der Waals surface area contributed by atoms with Crippen LogP contribution in [0.25, 0.3) is 0 Å². The average molecular weight is 245 g/mol. The Morgan fingerprint density at radius 2 is 2.17 bits per heavy atom. The summed E-state index contributed by atoms with van der Waals surface area (Å²) in [5.74, 6) is 0.593. The van der Waals surface area contributed by atoms with Gasteiger partial charge in [-0.15, -0.1) is 12.6 Å². The van der Waals surface area contributed by atoms with Gasteiger partial charge >= 0.3 is 0 Å². The van der Waals surface area contributed by atoms with Crippen LogP contribution in [0.5, 0.6) is 0 Å². The Balaban J connectivity index is 3.04. The fourth-order valence-corrected chi connectivity index (χ4v) is 1.88. The van der Waals surface area contributed by atoms with Crippen LogP contribution in [-0.4, -0.2) is 0 Å². The molecule has 0 fully saturated rings. The van der Waals surface area contributed by atoms with Gasteiger partial charge in [0.2, 0.25) is 0 Å². The van der Waals surface area contributed by atoms with E-state index in [0.717, 1.165) is 15.8 Å². The minimum Gasteiger partial charge on any atom is -0.143 e. The minimum atomic E-state index is 0.593. The summed E-state index contributed by atoms with van der Waals surface area (Å²) in [5.41, 5.74) is 1.33. The van der Waals surface area contributed by atoms with Crippen LogP contribution in [-0.2, 0) is 0 Å². The van der Waals surface area contributed by atoms with Crippen LogP contribution >= 0.6 is 28.6 Å². The van der Waals surface area contributed by atoms with E-state index in [0.29, 0.717) is 5.92 Å². The highest BCUT2D eigenvalue weighted by atomic mass is 79.9. The third-order valence-corrected chi connectivity index (χ3v) is 3.03. The van der Waals surface area contributed by atoms with Crippen molar-refractivity contribution in [2.45, 2.75) is 31.1 Å². The first-order valence-corrected chi connectivity index (χ1v) is 5.37. The van der Waals surface area contributed by atoms with Crippen molar-refractivity contribution >= 4 is 28.6 Å². The van der Waals surface area contributed by atoms with Gasteiger partial charge in [0, 0.05) is 9.37 Å². The number of hydrogen-bond donors (Lipinski definition) is 1. The molecule has 0 aliphatic heterocycles. The van der Waals surface area contributed by atoms with E-state index >= 15 is 0 Å². The highest BCUT2D eigenvalue weighted by molar-refractivity contribution is 9.10. The average Bonchev–Trinajstić information content (AvgIpc) is 2.08. The van der Waals surface area contributed by atoms with Crippen LogP contribution in [0.1, 0.15) is 31.7 Å². The van der Waals surface area contributed by atoms with Gasteiger partial charge < -0.3 is 0 Å². The topological polar surface area (TPSA) is 0 Å². The summed E-state index contributed by atoms with van der Waals surface area (Å²) in [6.07, 6.45) is 1.16. The third kappa shape index (κ3) is 2.27. The molecular weight excluding hydrogens is 232 g/mol. The van der Waals surface area contributed by atoms with Gasteiger partial charge in [-0.1, -0.05) is 29.8 Å². The first-order chi connectivity index (χ1) is 5.65. The first kappa shape index (κ1) is 10.1. The Bertz CT molecular complexity index is 271. The molecule has 0 heterocycles. The molecule has 0 nitrogen and oxygen atoms in total. The van der Waals surface area contributed by atoms with E-state index in [2.05, 4.69) is 48.5 Å². The molecule has 0 saturated heterocycles. The lowest BCUT2D eigenvalue weighted by Crippen LogP contribution is -1.92. The second-order valence-corrected chi connectivity index (χ2v) is 4.41. The van der Waals surface area contributed by atoms with Crippen LogP contribution in [0.4, 0.5) is 0 Å². The molecule has 1 aromatic carbocycles. The molecule has 0 aliphatic rings. The number of halogens is 1. The zero-order valence-corrected chi connectivity index (χ0v) is 9.82. The number of rotatable bonds is 2. The monoisotopic (exact) mass is 244 g/mol. The lowest BCUT2D eigenvalue weighted by Gasteiger charge is -2.11. The van der Waals surface area contributed by atoms with E-state index in [1.54, 1.807) is 0 Å². The normalized spacial score (nSPS) is 13.0. The van der Waals surface area contributed by atoms with Crippen molar-refractivity contribution in [3.63, 3.8) is 0 Å². The van der Waals surface area contributed by atoms with E-state index in [4.69, 9.17) is 0 Å². The Morgan fingerprint density at radius 3 is 2.75 bits per heavy atom. The molecule has 0 radical (unpaired) electrons. The number of thiol groups is 1. The molecule has 0 spiro atoms. The standard InChI is InChI=1S/C10H13BrS/c1-3-7(2)9-6-8(11)4-5-10(9)12/h4-7,12H,3H2,1-2H3. The summed E-state index contributed by atoms with van der Waals surface area (Å²) >= 11 is 7.88. The van der Waals surface area contributed by atoms with Gasteiger partial charge in [-0.25, -0.2) is 0 Å². The van der Waals surface area contributed by atoms with E-state index in [-0.39, 0.29) is 0 Å². The molecule has 66 valence electrons. The third-order valence-electron chi connectivity index (χ3n) is 2.13. The number of benzene rings is 1. The van der Waals surface area contributed by atoms with Gasteiger partial charge in [-0.05, 0) is 36.1 Å². The van der Waals surface area contributed by atoms with Crippen molar-refractivity contribution in [3.8, 4) is 0 Å². The van der Waals surface area contributed by atoms with Crippen LogP contribution in [0.3, 0.4) is 0 Å². The van der Waals surface area contributed by atoms with Crippen LogP contribution < -0.4 is 0 Å². The molecule has 0 aliphatic carbocycles. The quantitative estimate of drug-likeness (QED) is 0.740. The van der Waals surface area contributed by atoms with Crippen LogP contribution in [0, 0.1) is 0 Å². The minimum absolute atomic E-state index is 0.593. The van der Waals surface area contributed by atoms with E-state index in [1.165, 1.54) is 5.56 Å². The van der Waals surface area contributed by atoms with E-state index in [9.17, 15) is 0 Å². The number of hydrogen-bond acceptors (Lipinski definition) is 1. The van der Waals surface area contributed by atoms with E-state index < -0.39 is 0 Å². The van der Waals surface area contributed by atoms with Gasteiger partial charge in [0.1, 0.15) is 0 Å². The molecular formula is C10H13BrS. The predicted octanol–water partition coefficient (Wildman–Crippen LogP) is 4.25. The van der Waals surface area contributed by atoms with Crippen molar-refractivity contribution in [2.75, 3.05) is 0 Å². The molecule has 1 atom stereocenters. The summed E-state index contributed by atoms with van der Waals surface area (Å²) in [5, 5.41) is 0.